The van der Waals surface area contributed by atoms with Crippen LogP contribution in [0.25, 0.3) is 0 Å². The summed E-state index contributed by atoms with van der Waals surface area (Å²) in [5.41, 5.74) is 4.60. The predicted molar refractivity (Wildman–Crippen MR) is 190 cm³/mol. The van der Waals surface area contributed by atoms with Gasteiger partial charge in [0, 0.05) is 5.56 Å². The first-order valence-electron chi connectivity index (χ1n) is 16.7. The lowest BCUT2D eigenvalue weighted by Crippen LogP contribution is -3.00. The molecule has 0 aliphatic carbocycles. The Kier molecular flexibility index (Phi) is 13.8. The molecule has 0 N–H and O–H groups in total. The largest absolute Gasteiger partial charge is 1.00 e. The molecule has 0 atom stereocenters. The maximum Gasteiger partial charge on any atom is 0.264 e. The Bertz CT molecular complexity index is 1230. The average Bonchev–Trinajstić information content (AvgIpc) is 2.89. The Morgan fingerprint density at radius 3 is 1.39 bits per heavy atom. The highest BCUT2D eigenvalue weighted by Crippen LogP contribution is 2.38. The molecule has 256 valence electrons. The van der Waals surface area contributed by atoms with Gasteiger partial charge in [-0.05, 0) is 69.9 Å². The van der Waals surface area contributed by atoms with Gasteiger partial charge in [-0.1, -0.05) is 124 Å². The fourth-order valence-electron chi connectivity index (χ4n) is 6.87. The standard InChI is InChI=1S/C41H62NO3.ClH/c1-38(2,3)30-40(7,8)33-18-22-35(23-19-33)44-37(29-43-27-26-42(11,12)28-32-16-14-13-15-17-32)45-36-24-20-34(21-25-36)41(9,10)31-39(4,5)6;/h13-25,37H,26-31H2,1-12H3;1H/q+1;/p-1. The maximum atomic E-state index is 6.43. The predicted octanol–water partition coefficient (Wildman–Crippen LogP) is 7.20. The maximum absolute atomic E-state index is 6.43. The van der Waals surface area contributed by atoms with Gasteiger partial charge in [0.25, 0.3) is 6.29 Å². The van der Waals surface area contributed by atoms with Gasteiger partial charge in [0.15, 0.2) is 0 Å². The van der Waals surface area contributed by atoms with E-state index in [9.17, 15) is 0 Å². The van der Waals surface area contributed by atoms with Crippen molar-refractivity contribution < 1.29 is 31.1 Å². The van der Waals surface area contributed by atoms with Crippen LogP contribution in [0.4, 0.5) is 0 Å². The third-order valence-electron chi connectivity index (χ3n) is 8.30. The van der Waals surface area contributed by atoms with Gasteiger partial charge in [-0.2, -0.15) is 0 Å². The van der Waals surface area contributed by atoms with Gasteiger partial charge in [0.05, 0.1) is 20.7 Å². The van der Waals surface area contributed by atoms with Gasteiger partial charge in [0.2, 0.25) is 0 Å². The molecule has 0 aromatic heterocycles. The first kappa shape index (κ1) is 39.6. The second kappa shape index (κ2) is 16.0. The smallest absolute Gasteiger partial charge is 0.264 e. The minimum Gasteiger partial charge on any atom is -1.00 e. The molecule has 0 aliphatic heterocycles. The Labute approximate surface area is 287 Å². The molecule has 5 heteroatoms. The normalized spacial score (nSPS) is 13.0. The highest BCUT2D eigenvalue weighted by atomic mass is 35.5. The molecule has 0 aliphatic rings. The number of nitrogens with zero attached hydrogens (tertiary/aromatic N) is 1. The van der Waals surface area contributed by atoms with Crippen molar-refractivity contribution >= 4 is 0 Å². The zero-order chi connectivity index (χ0) is 33.5. The van der Waals surface area contributed by atoms with Crippen LogP contribution in [0, 0.1) is 10.8 Å². The first-order valence-corrected chi connectivity index (χ1v) is 16.7. The van der Waals surface area contributed by atoms with Crippen LogP contribution in [0.3, 0.4) is 0 Å². The van der Waals surface area contributed by atoms with Crippen molar-refractivity contribution in [2.24, 2.45) is 10.8 Å². The molecule has 0 spiro atoms. The van der Waals surface area contributed by atoms with E-state index in [1.54, 1.807) is 0 Å². The van der Waals surface area contributed by atoms with Gasteiger partial charge in [-0.3, -0.25) is 0 Å². The van der Waals surface area contributed by atoms with E-state index >= 15 is 0 Å². The van der Waals surface area contributed by atoms with Crippen molar-refractivity contribution in [1.82, 2.24) is 0 Å². The zero-order valence-electron chi connectivity index (χ0n) is 30.9. The molecule has 3 aromatic rings. The molecule has 0 saturated carbocycles. The van der Waals surface area contributed by atoms with Crippen molar-refractivity contribution in [3.63, 3.8) is 0 Å². The second-order valence-corrected chi connectivity index (χ2v) is 17.3. The molecule has 0 amide bonds. The van der Waals surface area contributed by atoms with Gasteiger partial charge in [0.1, 0.15) is 31.2 Å². The minimum absolute atomic E-state index is 0. The third-order valence-corrected chi connectivity index (χ3v) is 8.30. The third kappa shape index (κ3) is 13.7. The molecule has 0 heterocycles. The minimum atomic E-state index is -0.573. The van der Waals surface area contributed by atoms with E-state index in [0.717, 1.165) is 41.9 Å². The zero-order valence-corrected chi connectivity index (χ0v) is 31.6. The summed E-state index contributed by atoms with van der Waals surface area (Å²) in [5.74, 6) is 1.56. The molecule has 0 saturated heterocycles. The van der Waals surface area contributed by atoms with E-state index in [2.05, 4.69) is 162 Å². The number of rotatable bonds is 15. The fraction of sp³-hybridized carbons (Fsp3) is 0.561. The lowest BCUT2D eigenvalue weighted by molar-refractivity contribution is -0.904. The molecule has 0 radical (unpaired) electrons. The van der Waals surface area contributed by atoms with Crippen LogP contribution in [-0.2, 0) is 22.1 Å². The van der Waals surface area contributed by atoms with Crippen LogP contribution in [0.15, 0.2) is 78.9 Å². The van der Waals surface area contributed by atoms with E-state index in [4.69, 9.17) is 14.2 Å². The van der Waals surface area contributed by atoms with Gasteiger partial charge in [-0.25, -0.2) is 0 Å². The molecule has 46 heavy (non-hydrogen) atoms. The number of halogens is 1. The summed E-state index contributed by atoms with van der Waals surface area (Å²) >= 11 is 0. The Morgan fingerprint density at radius 2 is 1.00 bits per heavy atom. The van der Waals surface area contributed by atoms with Crippen LogP contribution in [-0.4, -0.2) is 44.6 Å². The number of ether oxygens (including phenoxy) is 3. The molecule has 0 bridgehead atoms. The van der Waals surface area contributed by atoms with Crippen molar-refractivity contribution in [1.29, 1.82) is 0 Å². The van der Waals surface area contributed by atoms with Crippen LogP contribution in [0.1, 0.15) is 98.8 Å². The number of hydrogen-bond donors (Lipinski definition) is 0. The van der Waals surface area contributed by atoms with Gasteiger partial charge in [-0.15, -0.1) is 0 Å². The van der Waals surface area contributed by atoms with E-state index < -0.39 is 6.29 Å². The number of likely N-dealkylation sites (N-methyl/N-ethyl adjacent to an activating group) is 1. The van der Waals surface area contributed by atoms with E-state index in [-0.39, 0.29) is 34.1 Å². The summed E-state index contributed by atoms with van der Waals surface area (Å²) in [6.07, 6.45) is 1.62. The molecule has 3 rings (SSSR count). The fourth-order valence-corrected chi connectivity index (χ4v) is 6.87. The molecule has 3 aromatic carbocycles. The summed E-state index contributed by atoms with van der Waals surface area (Å²) in [7, 11) is 4.48. The molecular formula is C41H62ClNO3. The van der Waals surface area contributed by atoms with E-state index in [1.165, 1.54) is 16.7 Å². The van der Waals surface area contributed by atoms with Crippen LogP contribution in [0.2, 0.25) is 0 Å². The monoisotopic (exact) mass is 651 g/mol. The summed E-state index contributed by atoms with van der Waals surface area (Å²) in [6.45, 7) is 25.9. The summed E-state index contributed by atoms with van der Waals surface area (Å²) in [4.78, 5) is 0. The molecule has 0 unspecified atom stereocenters. The number of quaternary nitrogens is 1. The van der Waals surface area contributed by atoms with Crippen molar-refractivity contribution in [2.75, 3.05) is 33.9 Å². The summed E-state index contributed by atoms with van der Waals surface area (Å²) in [5, 5.41) is 0. The first-order chi connectivity index (χ1) is 20.7. The van der Waals surface area contributed by atoms with Crippen molar-refractivity contribution in [2.45, 2.75) is 106 Å². The Hall–Kier alpha value is -2.53. The van der Waals surface area contributed by atoms with Crippen molar-refractivity contribution in [3.05, 3.63) is 95.6 Å². The molecule has 4 nitrogen and oxygen atoms in total. The number of benzene rings is 3. The van der Waals surface area contributed by atoms with Crippen LogP contribution in [0.5, 0.6) is 11.5 Å². The Balaban J connectivity index is 0.00000736. The highest BCUT2D eigenvalue weighted by Gasteiger charge is 2.29. The quantitative estimate of drug-likeness (QED) is 0.0989. The molecular weight excluding hydrogens is 590 g/mol. The summed E-state index contributed by atoms with van der Waals surface area (Å²) < 4.78 is 19.9. The lowest BCUT2D eigenvalue weighted by Gasteiger charge is -2.33. The van der Waals surface area contributed by atoms with E-state index in [0.29, 0.717) is 13.2 Å². The highest BCUT2D eigenvalue weighted by molar-refractivity contribution is 5.33. The van der Waals surface area contributed by atoms with E-state index in [1.807, 2.05) is 0 Å². The van der Waals surface area contributed by atoms with Crippen LogP contribution >= 0.6 is 0 Å². The SMILES string of the molecule is CC(C)(C)CC(C)(C)c1ccc(OC(COCC[N+](C)(C)Cc2ccccc2)Oc2ccc(C(C)(C)CC(C)(C)C)cc2)cc1.[Cl-]. The van der Waals surface area contributed by atoms with Gasteiger partial charge >= 0.3 is 0 Å². The second-order valence-electron chi connectivity index (χ2n) is 17.3. The topological polar surface area (TPSA) is 27.7 Å². The lowest BCUT2D eigenvalue weighted by atomic mass is 9.72. The van der Waals surface area contributed by atoms with Crippen molar-refractivity contribution in [3.8, 4) is 11.5 Å². The summed E-state index contributed by atoms with van der Waals surface area (Å²) in [6, 6.07) is 27.6. The van der Waals surface area contributed by atoms with Gasteiger partial charge < -0.3 is 31.1 Å². The molecule has 0 fully saturated rings. The number of hydrogen-bond acceptors (Lipinski definition) is 3. The average molecular weight is 652 g/mol. The Morgan fingerprint density at radius 1 is 0.587 bits per heavy atom. The van der Waals surface area contributed by atoms with Crippen LogP contribution < -0.4 is 21.9 Å².